The van der Waals surface area contributed by atoms with Gasteiger partial charge in [0, 0.05) is 11.7 Å². The molecule has 0 aromatic heterocycles. The van der Waals surface area contributed by atoms with Crippen molar-refractivity contribution >= 4 is 11.6 Å². The predicted octanol–water partition coefficient (Wildman–Crippen LogP) is 3.68. The third kappa shape index (κ3) is 3.71. The summed E-state index contributed by atoms with van der Waals surface area (Å²) in [4.78, 5) is 12.2. The SMILES string of the molecule is O=C(NO)C(c1ccccc1)c1cccc(NC2CCCC2)c1. The van der Waals surface area contributed by atoms with E-state index in [1.807, 2.05) is 54.6 Å². The van der Waals surface area contributed by atoms with Crippen LogP contribution in [0.4, 0.5) is 5.69 Å². The second-order valence-electron chi connectivity index (χ2n) is 6.07. The van der Waals surface area contributed by atoms with Crippen molar-refractivity contribution in [3.8, 4) is 0 Å². The number of nitrogens with one attached hydrogen (secondary N) is 2. The van der Waals surface area contributed by atoms with Crippen molar-refractivity contribution in [2.24, 2.45) is 0 Å². The summed E-state index contributed by atoms with van der Waals surface area (Å²) in [5.74, 6) is -0.944. The van der Waals surface area contributed by atoms with Gasteiger partial charge in [0.05, 0.1) is 5.92 Å². The molecule has 0 spiro atoms. The molecule has 2 aromatic rings. The molecule has 3 N–H and O–H groups in total. The van der Waals surface area contributed by atoms with E-state index in [1.54, 1.807) is 5.48 Å². The minimum absolute atomic E-state index is 0.422. The standard InChI is InChI=1S/C19H22N2O2/c22-19(21-23)18(14-7-2-1-3-8-14)15-9-6-12-17(13-15)20-16-10-4-5-11-16/h1-3,6-9,12-13,16,18,20,23H,4-5,10-11H2,(H,21,22). The molecule has 1 atom stereocenters. The molecule has 1 amide bonds. The fourth-order valence-electron chi connectivity index (χ4n) is 3.32. The van der Waals surface area contributed by atoms with Crippen LogP contribution in [-0.4, -0.2) is 17.2 Å². The van der Waals surface area contributed by atoms with Crippen molar-refractivity contribution in [2.75, 3.05) is 5.32 Å². The highest BCUT2D eigenvalue weighted by molar-refractivity contribution is 5.86. The zero-order valence-corrected chi connectivity index (χ0v) is 13.0. The smallest absolute Gasteiger partial charge is 0.255 e. The largest absolute Gasteiger partial charge is 0.382 e. The van der Waals surface area contributed by atoms with E-state index in [0.717, 1.165) is 16.8 Å². The number of hydrogen-bond acceptors (Lipinski definition) is 3. The van der Waals surface area contributed by atoms with Gasteiger partial charge in [-0.15, -0.1) is 0 Å². The first-order valence-corrected chi connectivity index (χ1v) is 8.13. The van der Waals surface area contributed by atoms with Crippen molar-refractivity contribution in [3.63, 3.8) is 0 Å². The van der Waals surface area contributed by atoms with E-state index in [2.05, 4.69) is 5.32 Å². The van der Waals surface area contributed by atoms with E-state index in [1.165, 1.54) is 25.7 Å². The summed E-state index contributed by atoms with van der Waals surface area (Å²) >= 11 is 0. The molecule has 1 aliphatic rings. The van der Waals surface area contributed by atoms with Crippen LogP contribution in [0.25, 0.3) is 0 Å². The van der Waals surface area contributed by atoms with Crippen molar-refractivity contribution < 1.29 is 10.0 Å². The molecule has 0 aliphatic heterocycles. The summed E-state index contributed by atoms with van der Waals surface area (Å²) in [6.07, 6.45) is 4.95. The third-order valence-corrected chi connectivity index (χ3v) is 4.45. The second-order valence-corrected chi connectivity index (χ2v) is 6.07. The Morgan fingerprint density at radius 1 is 1.00 bits per heavy atom. The average molecular weight is 310 g/mol. The van der Waals surface area contributed by atoms with Gasteiger partial charge in [-0.2, -0.15) is 0 Å². The number of carbonyl (C=O) groups is 1. The molecule has 0 radical (unpaired) electrons. The van der Waals surface area contributed by atoms with Gasteiger partial charge in [0.25, 0.3) is 5.91 Å². The maximum absolute atomic E-state index is 12.2. The normalized spacial score (nSPS) is 16.0. The van der Waals surface area contributed by atoms with Gasteiger partial charge in [0.2, 0.25) is 0 Å². The van der Waals surface area contributed by atoms with Crippen LogP contribution >= 0.6 is 0 Å². The van der Waals surface area contributed by atoms with Gasteiger partial charge >= 0.3 is 0 Å². The number of carbonyl (C=O) groups excluding carboxylic acids is 1. The van der Waals surface area contributed by atoms with E-state index in [-0.39, 0.29) is 0 Å². The summed E-state index contributed by atoms with van der Waals surface area (Å²) in [6, 6.07) is 17.9. The van der Waals surface area contributed by atoms with E-state index in [0.29, 0.717) is 6.04 Å². The Kier molecular flexibility index (Phi) is 4.93. The minimum atomic E-state index is -0.522. The van der Waals surface area contributed by atoms with E-state index < -0.39 is 11.8 Å². The molecule has 1 saturated carbocycles. The highest BCUT2D eigenvalue weighted by atomic mass is 16.5. The van der Waals surface area contributed by atoms with Gasteiger partial charge in [-0.1, -0.05) is 55.3 Å². The fourth-order valence-corrected chi connectivity index (χ4v) is 3.32. The first-order chi connectivity index (χ1) is 11.3. The molecule has 0 saturated heterocycles. The Morgan fingerprint density at radius 3 is 2.39 bits per heavy atom. The Hall–Kier alpha value is -2.33. The van der Waals surface area contributed by atoms with Gasteiger partial charge in [0.15, 0.2) is 0 Å². The van der Waals surface area contributed by atoms with Crippen LogP contribution in [0.2, 0.25) is 0 Å². The number of anilines is 1. The van der Waals surface area contributed by atoms with Crippen LogP contribution in [0.1, 0.15) is 42.7 Å². The van der Waals surface area contributed by atoms with Crippen LogP contribution in [0.5, 0.6) is 0 Å². The van der Waals surface area contributed by atoms with Gasteiger partial charge in [-0.3, -0.25) is 10.0 Å². The summed E-state index contributed by atoms with van der Waals surface area (Å²) in [5, 5.41) is 12.7. The first-order valence-electron chi connectivity index (χ1n) is 8.13. The Labute approximate surface area is 136 Å². The van der Waals surface area contributed by atoms with Crippen LogP contribution in [0.3, 0.4) is 0 Å². The number of hydrogen-bond donors (Lipinski definition) is 3. The lowest BCUT2D eigenvalue weighted by atomic mass is 9.90. The van der Waals surface area contributed by atoms with Crippen LogP contribution < -0.4 is 10.8 Å². The summed E-state index contributed by atoms with van der Waals surface area (Å²) in [7, 11) is 0. The Balaban J connectivity index is 1.88. The van der Waals surface area contributed by atoms with Crippen LogP contribution in [-0.2, 0) is 4.79 Å². The van der Waals surface area contributed by atoms with E-state index >= 15 is 0 Å². The first kappa shape index (κ1) is 15.6. The monoisotopic (exact) mass is 310 g/mol. The zero-order chi connectivity index (χ0) is 16.1. The van der Waals surface area contributed by atoms with Crippen LogP contribution in [0.15, 0.2) is 54.6 Å². The summed E-state index contributed by atoms with van der Waals surface area (Å²) in [6.45, 7) is 0. The molecule has 2 aromatic carbocycles. The van der Waals surface area contributed by atoms with Crippen molar-refractivity contribution in [1.82, 2.24) is 5.48 Å². The summed E-state index contributed by atoms with van der Waals surface area (Å²) in [5.41, 5.74) is 4.55. The molecule has 4 nitrogen and oxygen atoms in total. The fraction of sp³-hybridized carbons (Fsp3) is 0.316. The van der Waals surface area contributed by atoms with Crippen molar-refractivity contribution in [3.05, 3.63) is 65.7 Å². The molecule has 0 bridgehead atoms. The van der Waals surface area contributed by atoms with E-state index in [4.69, 9.17) is 5.21 Å². The molecule has 1 aliphatic carbocycles. The summed E-state index contributed by atoms with van der Waals surface area (Å²) < 4.78 is 0. The Morgan fingerprint density at radius 2 is 1.70 bits per heavy atom. The molecular formula is C19H22N2O2. The second kappa shape index (κ2) is 7.29. The lowest BCUT2D eigenvalue weighted by Gasteiger charge is -2.19. The third-order valence-electron chi connectivity index (χ3n) is 4.45. The number of hydroxylamine groups is 1. The molecule has 120 valence electrons. The molecule has 4 heteroatoms. The van der Waals surface area contributed by atoms with Gasteiger partial charge < -0.3 is 5.32 Å². The molecule has 1 unspecified atom stereocenters. The Bertz CT molecular complexity index is 651. The van der Waals surface area contributed by atoms with Crippen molar-refractivity contribution in [1.29, 1.82) is 0 Å². The quantitative estimate of drug-likeness (QED) is 0.583. The predicted molar refractivity (Wildman–Crippen MR) is 90.5 cm³/mol. The molecule has 1 fully saturated rings. The maximum atomic E-state index is 12.2. The van der Waals surface area contributed by atoms with Crippen LogP contribution in [0, 0.1) is 0 Å². The molecule has 0 heterocycles. The minimum Gasteiger partial charge on any atom is -0.382 e. The van der Waals surface area contributed by atoms with Gasteiger partial charge in [-0.25, -0.2) is 5.48 Å². The zero-order valence-electron chi connectivity index (χ0n) is 13.0. The number of benzene rings is 2. The van der Waals surface area contributed by atoms with E-state index in [9.17, 15) is 4.79 Å². The molecule has 3 rings (SSSR count). The molecular weight excluding hydrogens is 288 g/mol. The van der Waals surface area contributed by atoms with Gasteiger partial charge in [0.1, 0.15) is 0 Å². The average Bonchev–Trinajstić information content (AvgIpc) is 3.09. The number of rotatable bonds is 5. The maximum Gasteiger partial charge on any atom is 0.255 e. The lowest BCUT2D eigenvalue weighted by Crippen LogP contribution is -2.27. The van der Waals surface area contributed by atoms with Crippen molar-refractivity contribution in [2.45, 2.75) is 37.6 Å². The number of amides is 1. The molecule has 23 heavy (non-hydrogen) atoms. The lowest BCUT2D eigenvalue weighted by molar-refractivity contribution is -0.129. The highest BCUT2D eigenvalue weighted by Gasteiger charge is 2.23. The van der Waals surface area contributed by atoms with Gasteiger partial charge in [-0.05, 0) is 36.1 Å². The highest BCUT2D eigenvalue weighted by Crippen LogP contribution is 2.28. The topological polar surface area (TPSA) is 61.4 Å².